The van der Waals surface area contributed by atoms with Gasteiger partial charge in [-0.2, -0.15) is 0 Å². The van der Waals surface area contributed by atoms with Crippen molar-refractivity contribution in [1.82, 2.24) is 4.90 Å². The third-order valence-electron chi connectivity index (χ3n) is 5.69. The van der Waals surface area contributed by atoms with Gasteiger partial charge >= 0.3 is 0 Å². The molecule has 2 heterocycles. The van der Waals surface area contributed by atoms with Crippen LogP contribution < -0.4 is 9.80 Å². The molecule has 4 rings (SSSR count). The molecule has 2 aliphatic heterocycles. The predicted octanol–water partition coefficient (Wildman–Crippen LogP) is 4.67. The second-order valence-corrected chi connectivity index (χ2v) is 10.4. The molecule has 0 aliphatic carbocycles. The molecule has 0 saturated carbocycles. The van der Waals surface area contributed by atoms with E-state index in [-0.39, 0.29) is 39.8 Å². The van der Waals surface area contributed by atoms with Gasteiger partial charge in [-0.1, -0.05) is 53.2 Å². The number of amides is 2. The maximum atomic E-state index is 13.0. The molecule has 172 valence electrons. The number of nitrogens with zero attached hydrogens (tertiary/aromatic N) is 3. The zero-order chi connectivity index (χ0) is 23.7. The Morgan fingerprint density at radius 3 is 2.18 bits per heavy atom. The number of hydrogen-bond donors (Lipinski definition) is 0. The molecule has 1 atom stereocenters. The van der Waals surface area contributed by atoms with Gasteiger partial charge in [0.25, 0.3) is 0 Å². The molecular formula is C23H21Cl2N3O3S2. The van der Waals surface area contributed by atoms with Crippen LogP contribution in [0.2, 0.25) is 10.0 Å². The first-order valence-corrected chi connectivity index (χ1v) is 12.4. The number of carbonyl (C=O) groups is 3. The van der Waals surface area contributed by atoms with E-state index in [1.807, 2.05) is 24.3 Å². The minimum Gasteiger partial charge on any atom is -0.368 e. The Kier molecular flexibility index (Phi) is 7.28. The molecule has 6 nitrogen and oxygen atoms in total. The first kappa shape index (κ1) is 24.0. The Morgan fingerprint density at radius 1 is 1.00 bits per heavy atom. The maximum absolute atomic E-state index is 13.0. The molecule has 2 aromatic rings. The van der Waals surface area contributed by atoms with Crippen LogP contribution in [0.15, 0.2) is 42.5 Å². The third kappa shape index (κ3) is 5.04. The molecule has 33 heavy (non-hydrogen) atoms. The van der Waals surface area contributed by atoms with Crippen LogP contribution in [0.25, 0.3) is 0 Å². The van der Waals surface area contributed by atoms with Gasteiger partial charge in [0.2, 0.25) is 11.8 Å². The van der Waals surface area contributed by atoms with Crippen LogP contribution in [0, 0.1) is 0 Å². The van der Waals surface area contributed by atoms with Gasteiger partial charge in [0.15, 0.2) is 5.78 Å². The molecule has 2 aliphatic rings. The molecular weight excluding hydrogens is 501 g/mol. The molecule has 2 amide bonds. The zero-order valence-electron chi connectivity index (χ0n) is 17.8. The Morgan fingerprint density at radius 2 is 1.61 bits per heavy atom. The quantitative estimate of drug-likeness (QED) is 0.329. The summed E-state index contributed by atoms with van der Waals surface area (Å²) in [7, 11) is 0. The average Bonchev–Trinajstić information content (AvgIpc) is 3.07. The fourth-order valence-corrected chi connectivity index (χ4v) is 5.99. The second kappa shape index (κ2) is 10.0. The van der Waals surface area contributed by atoms with E-state index in [9.17, 15) is 14.4 Å². The average molecular weight is 522 g/mol. The number of ketones is 1. The highest BCUT2D eigenvalue weighted by molar-refractivity contribution is 8.23. The van der Waals surface area contributed by atoms with Crippen molar-refractivity contribution < 1.29 is 14.4 Å². The van der Waals surface area contributed by atoms with Gasteiger partial charge in [-0.15, -0.1) is 0 Å². The highest BCUT2D eigenvalue weighted by Gasteiger charge is 2.42. The van der Waals surface area contributed by atoms with Crippen molar-refractivity contribution in [3.63, 3.8) is 0 Å². The van der Waals surface area contributed by atoms with Crippen LogP contribution in [0.3, 0.4) is 0 Å². The normalized spacial score (nSPS) is 18.8. The number of benzene rings is 2. The molecule has 0 radical (unpaired) electrons. The lowest BCUT2D eigenvalue weighted by atomic mass is 10.1. The molecule has 10 heteroatoms. The van der Waals surface area contributed by atoms with Crippen LogP contribution in [0.1, 0.15) is 23.7 Å². The fraction of sp³-hybridized carbons (Fsp3) is 0.304. The van der Waals surface area contributed by atoms with Crippen molar-refractivity contribution in [1.29, 1.82) is 0 Å². The van der Waals surface area contributed by atoms with Crippen LogP contribution in [-0.2, 0) is 9.59 Å². The van der Waals surface area contributed by atoms with E-state index in [0.717, 1.165) is 23.7 Å². The van der Waals surface area contributed by atoms with Crippen molar-refractivity contribution in [2.24, 2.45) is 0 Å². The third-order valence-corrected chi connectivity index (χ3v) is 7.96. The number of Topliss-reactive ketones (excluding diaryl/α,β-unsaturated/α-hetero) is 1. The largest absolute Gasteiger partial charge is 0.368 e. The van der Waals surface area contributed by atoms with E-state index in [1.54, 1.807) is 25.1 Å². The summed E-state index contributed by atoms with van der Waals surface area (Å²) in [4.78, 5) is 42.5. The summed E-state index contributed by atoms with van der Waals surface area (Å²) in [6.45, 7) is 4.49. The lowest BCUT2D eigenvalue weighted by Gasteiger charge is -2.37. The summed E-state index contributed by atoms with van der Waals surface area (Å²) in [6, 6.07) is 12.4. The SMILES string of the molecule is CC(=O)c1ccc(N2CCN(C(=S)SC3CC(=O)N(c4c(Cl)cccc4Cl)C3=O)CC2)cc1. The minimum absolute atomic E-state index is 0.0454. The van der Waals surface area contributed by atoms with Gasteiger partial charge in [0.1, 0.15) is 9.57 Å². The van der Waals surface area contributed by atoms with Gasteiger partial charge in [-0.25, -0.2) is 4.90 Å². The first-order chi connectivity index (χ1) is 15.8. The fourth-order valence-electron chi connectivity index (χ4n) is 3.88. The number of imide groups is 1. The monoisotopic (exact) mass is 521 g/mol. The summed E-state index contributed by atoms with van der Waals surface area (Å²) in [6.07, 6.45) is 0.0493. The lowest BCUT2D eigenvalue weighted by Crippen LogP contribution is -2.48. The van der Waals surface area contributed by atoms with Crippen LogP contribution in [0.5, 0.6) is 0 Å². The van der Waals surface area contributed by atoms with Gasteiger partial charge in [-0.05, 0) is 43.3 Å². The van der Waals surface area contributed by atoms with Crippen molar-refractivity contribution in [2.45, 2.75) is 18.6 Å². The Hall–Kier alpha value is -2.13. The van der Waals surface area contributed by atoms with E-state index in [2.05, 4.69) is 9.80 Å². The van der Waals surface area contributed by atoms with Gasteiger partial charge in [-0.3, -0.25) is 14.4 Å². The van der Waals surface area contributed by atoms with E-state index in [0.29, 0.717) is 23.0 Å². The zero-order valence-corrected chi connectivity index (χ0v) is 20.9. The molecule has 0 bridgehead atoms. The van der Waals surface area contributed by atoms with Crippen LogP contribution in [0.4, 0.5) is 11.4 Å². The number of para-hydroxylation sites is 1. The van der Waals surface area contributed by atoms with E-state index in [1.165, 1.54) is 11.8 Å². The lowest BCUT2D eigenvalue weighted by molar-refractivity contribution is -0.121. The predicted molar refractivity (Wildman–Crippen MR) is 138 cm³/mol. The Balaban J connectivity index is 1.36. The highest BCUT2D eigenvalue weighted by Crippen LogP contribution is 2.39. The number of anilines is 2. The number of thioether (sulfide) groups is 1. The van der Waals surface area contributed by atoms with Gasteiger partial charge in [0, 0.05) is 43.9 Å². The molecule has 1 unspecified atom stereocenters. The summed E-state index contributed by atoms with van der Waals surface area (Å²) in [5, 5.41) is -0.0933. The Labute approximate surface area is 211 Å². The maximum Gasteiger partial charge on any atom is 0.247 e. The first-order valence-electron chi connectivity index (χ1n) is 10.4. The van der Waals surface area contributed by atoms with Gasteiger partial charge < -0.3 is 9.80 Å². The summed E-state index contributed by atoms with van der Waals surface area (Å²) >= 11 is 19.3. The molecule has 0 spiro atoms. The topological polar surface area (TPSA) is 60.9 Å². The van der Waals surface area contributed by atoms with Crippen molar-refractivity contribution >= 4 is 80.5 Å². The standard InChI is InChI=1S/C23H21Cl2N3O3S2/c1-14(29)15-5-7-16(8-6-15)26-9-11-27(12-10-26)23(32)33-19-13-20(30)28(22(19)31)21-17(24)3-2-4-18(21)25/h2-8,19H,9-13H2,1H3. The van der Waals surface area contributed by atoms with Crippen LogP contribution >= 0.6 is 47.2 Å². The Bertz CT molecular complexity index is 1100. The van der Waals surface area contributed by atoms with Crippen LogP contribution in [-0.4, -0.2) is 58.2 Å². The number of piperazine rings is 1. The number of rotatable bonds is 4. The summed E-state index contributed by atoms with van der Waals surface area (Å²) in [5.74, 6) is -0.648. The van der Waals surface area contributed by atoms with E-state index < -0.39 is 5.25 Å². The number of thiocarbonyl (C=S) groups is 1. The minimum atomic E-state index is -0.602. The summed E-state index contributed by atoms with van der Waals surface area (Å²) < 4.78 is 0.597. The molecule has 0 aromatic heterocycles. The number of hydrogen-bond acceptors (Lipinski definition) is 6. The smallest absolute Gasteiger partial charge is 0.247 e. The second-order valence-electron chi connectivity index (χ2n) is 7.79. The van der Waals surface area contributed by atoms with Crippen molar-refractivity contribution in [3.05, 3.63) is 58.1 Å². The molecule has 2 saturated heterocycles. The van der Waals surface area contributed by atoms with Gasteiger partial charge in [0.05, 0.1) is 15.7 Å². The van der Waals surface area contributed by atoms with E-state index >= 15 is 0 Å². The molecule has 2 fully saturated rings. The number of halogens is 2. The number of carbonyl (C=O) groups excluding carboxylic acids is 3. The molecule has 2 aromatic carbocycles. The summed E-state index contributed by atoms with van der Waals surface area (Å²) in [5.41, 5.74) is 1.98. The van der Waals surface area contributed by atoms with Crippen molar-refractivity contribution in [3.8, 4) is 0 Å². The van der Waals surface area contributed by atoms with Crippen molar-refractivity contribution in [2.75, 3.05) is 36.0 Å². The molecule has 0 N–H and O–H groups in total. The van der Waals surface area contributed by atoms with E-state index in [4.69, 9.17) is 35.4 Å². The highest BCUT2D eigenvalue weighted by atomic mass is 35.5.